The predicted octanol–water partition coefficient (Wildman–Crippen LogP) is 1.88. The molecule has 0 heterocycles. The molecular weight excluding hydrogens is 210 g/mol. The zero-order valence-electron chi connectivity index (χ0n) is 6.10. The highest BCUT2D eigenvalue weighted by Gasteiger charge is 2.35. The Labute approximate surface area is 81.1 Å². The van der Waals surface area contributed by atoms with Crippen molar-refractivity contribution in [1.29, 1.82) is 0 Å². The molecule has 0 aliphatic carbocycles. The van der Waals surface area contributed by atoms with Crippen molar-refractivity contribution in [2.24, 2.45) is 0 Å². The number of aliphatic hydroxyl groups excluding tert-OH is 2. The maximum absolute atomic E-state index is 9.15. The summed E-state index contributed by atoms with van der Waals surface area (Å²) >= 11 is 16.0. The van der Waals surface area contributed by atoms with Crippen LogP contribution < -0.4 is 0 Å². The first kappa shape index (κ1) is 11.8. The van der Waals surface area contributed by atoms with Crippen LogP contribution in [0.15, 0.2) is 0 Å². The van der Waals surface area contributed by atoms with Gasteiger partial charge in [0.25, 0.3) is 0 Å². The first-order chi connectivity index (χ1) is 4.89. The van der Waals surface area contributed by atoms with E-state index in [1.807, 2.05) is 6.92 Å². The van der Waals surface area contributed by atoms with E-state index in [-0.39, 0.29) is 0 Å². The molecule has 0 aromatic rings. The van der Waals surface area contributed by atoms with Gasteiger partial charge < -0.3 is 10.2 Å². The maximum Gasteiger partial charge on any atom is 0.218 e. The molecule has 0 aliphatic heterocycles. The van der Waals surface area contributed by atoms with Gasteiger partial charge in [0.15, 0.2) is 0 Å². The van der Waals surface area contributed by atoms with Crippen molar-refractivity contribution < 1.29 is 10.2 Å². The zero-order valence-corrected chi connectivity index (χ0v) is 8.37. The first-order valence-corrected chi connectivity index (χ1v) is 4.45. The van der Waals surface area contributed by atoms with Crippen LogP contribution in [0, 0.1) is 0 Å². The molecule has 0 radical (unpaired) electrons. The molecule has 2 nitrogen and oxygen atoms in total. The molecule has 11 heavy (non-hydrogen) atoms. The topological polar surface area (TPSA) is 40.5 Å². The Kier molecular flexibility index (Phi) is 5.07. The van der Waals surface area contributed by atoms with Gasteiger partial charge in [0, 0.05) is 0 Å². The quantitative estimate of drug-likeness (QED) is 0.715. The summed E-state index contributed by atoms with van der Waals surface area (Å²) in [7, 11) is 0. The van der Waals surface area contributed by atoms with E-state index in [4.69, 9.17) is 45.0 Å². The van der Waals surface area contributed by atoms with Crippen molar-refractivity contribution in [1.82, 2.24) is 0 Å². The van der Waals surface area contributed by atoms with Gasteiger partial charge in [-0.1, -0.05) is 48.1 Å². The largest absolute Gasteiger partial charge is 0.390 e. The smallest absolute Gasteiger partial charge is 0.218 e. The van der Waals surface area contributed by atoms with E-state index in [9.17, 15) is 0 Å². The molecule has 0 aromatic carbocycles. The molecular formula is C6H11Cl3O2. The van der Waals surface area contributed by atoms with Crippen LogP contribution in [0.5, 0.6) is 0 Å². The molecule has 0 saturated carbocycles. The van der Waals surface area contributed by atoms with Gasteiger partial charge in [-0.15, -0.1) is 0 Å². The van der Waals surface area contributed by atoms with E-state index in [2.05, 4.69) is 0 Å². The molecule has 0 aliphatic rings. The van der Waals surface area contributed by atoms with Crippen molar-refractivity contribution in [3.63, 3.8) is 0 Å². The molecule has 5 heteroatoms. The summed E-state index contributed by atoms with van der Waals surface area (Å²) in [5, 5.41) is 18.3. The van der Waals surface area contributed by atoms with Crippen molar-refractivity contribution in [2.45, 2.75) is 35.8 Å². The molecule has 0 bridgehead atoms. The van der Waals surface area contributed by atoms with E-state index < -0.39 is 16.0 Å². The molecule has 2 unspecified atom stereocenters. The van der Waals surface area contributed by atoms with E-state index in [1.165, 1.54) is 0 Å². The molecule has 0 aromatic heterocycles. The van der Waals surface area contributed by atoms with Crippen LogP contribution in [0.2, 0.25) is 0 Å². The summed E-state index contributed by atoms with van der Waals surface area (Å²) in [5.41, 5.74) is 0. The van der Waals surface area contributed by atoms with E-state index in [1.54, 1.807) is 0 Å². The second-order valence-electron chi connectivity index (χ2n) is 2.34. The van der Waals surface area contributed by atoms with Crippen molar-refractivity contribution in [3.8, 4) is 0 Å². The third-order valence-electron chi connectivity index (χ3n) is 1.28. The highest BCUT2D eigenvalue weighted by Crippen LogP contribution is 2.32. The van der Waals surface area contributed by atoms with Gasteiger partial charge in [-0.05, 0) is 6.42 Å². The van der Waals surface area contributed by atoms with E-state index in [0.717, 1.165) is 6.42 Å². The SMILES string of the molecule is CCCC(O)C(O)C(Cl)(Cl)Cl. The molecule has 2 N–H and O–H groups in total. The van der Waals surface area contributed by atoms with Gasteiger partial charge in [-0.25, -0.2) is 0 Å². The minimum Gasteiger partial charge on any atom is -0.390 e. The number of alkyl halides is 3. The Balaban J connectivity index is 3.91. The monoisotopic (exact) mass is 220 g/mol. The Morgan fingerprint density at radius 2 is 1.73 bits per heavy atom. The van der Waals surface area contributed by atoms with Crippen LogP contribution in [0.3, 0.4) is 0 Å². The number of rotatable bonds is 3. The fourth-order valence-electron chi connectivity index (χ4n) is 0.672. The fraction of sp³-hybridized carbons (Fsp3) is 1.00. The van der Waals surface area contributed by atoms with Crippen molar-refractivity contribution in [2.75, 3.05) is 0 Å². The van der Waals surface area contributed by atoms with Gasteiger partial charge in [-0.3, -0.25) is 0 Å². The predicted molar refractivity (Wildman–Crippen MR) is 47.2 cm³/mol. The summed E-state index contributed by atoms with van der Waals surface area (Å²) in [5.74, 6) is 0. The van der Waals surface area contributed by atoms with Gasteiger partial charge in [-0.2, -0.15) is 0 Å². The molecule has 68 valence electrons. The number of hydrogen-bond donors (Lipinski definition) is 2. The standard InChI is InChI=1S/C6H11Cl3O2/c1-2-3-4(10)5(11)6(7,8)9/h4-5,10-11H,2-3H2,1H3. The summed E-state index contributed by atoms with van der Waals surface area (Å²) < 4.78 is -1.80. The molecule has 0 amide bonds. The van der Waals surface area contributed by atoms with Gasteiger partial charge in [0.1, 0.15) is 6.10 Å². The Morgan fingerprint density at radius 3 is 2.00 bits per heavy atom. The molecule has 0 fully saturated rings. The average Bonchev–Trinajstić information content (AvgIpc) is 1.85. The second kappa shape index (κ2) is 4.73. The number of hydrogen-bond acceptors (Lipinski definition) is 2. The zero-order chi connectivity index (χ0) is 9.07. The third kappa shape index (κ3) is 4.38. The van der Waals surface area contributed by atoms with Gasteiger partial charge >= 0.3 is 0 Å². The average molecular weight is 222 g/mol. The molecule has 0 rings (SSSR count). The summed E-state index contributed by atoms with van der Waals surface area (Å²) in [6.45, 7) is 1.87. The lowest BCUT2D eigenvalue weighted by Gasteiger charge is -2.23. The lowest BCUT2D eigenvalue weighted by Crippen LogP contribution is -2.37. The fourth-order valence-corrected chi connectivity index (χ4v) is 1.11. The summed E-state index contributed by atoms with van der Waals surface area (Å²) in [6, 6.07) is 0. The minimum atomic E-state index is -1.80. The normalized spacial score (nSPS) is 18.0. The number of aliphatic hydroxyl groups is 2. The van der Waals surface area contributed by atoms with Crippen LogP contribution in [0.25, 0.3) is 0 Å². The summed E-state index contributed by atoms with van der Waals surface area (Å²) in [6.07, 6.45) is -1.12. The minimum absolute atomic E-state index is 0.426. The lowest BCUT2D eigenvalue weighted by atomic mass is 10.1. The van der Waals surface area contributed by atoms with Gasteiger partial charge in [0.2, 0.25) is 3.79 Å². The highest BCUT2D eigenvalue weighted by molar-refractivity contribution is 6.68. The van der Waals surface area contributed by atoms with Crippen LogP contribution >= 0.6 is 34.8 Å². The molecule has 0 spiro atoms. The van der Waals surface area contributed by atoms with Crippen LogP contribution in [0.1, 0.15) is 19.8 Å². The van der Waals surface area contributed by atoms with Crippen LogP contribution in [0.4, 0.5) is 0 Å². The van der Waals surface area contributed by atoms with Crippen LogP contribution in [-0.4, -0.2) is 26.2 Å². The Morgan fingerprint density at radius 1 is 1.27 bits per heavy atom. The lowest BCUT2D eigenvalue weighted by molar-refractivity contribution is 0.0169. The molecule has 0 saturated heterocycles. The highest BCUT2D eigenvalue weighted by atomic mass is 35.6. The maximum atomic E-state index is 9.15. The Hall–Kier alpha value is 0.790. The number of halogens is 3. The van der Waals surface area contributed by atoms with Crippen molar-refractivity contribution in [3.05, 3.63) is 0 Å². The van der Waals surface area contributed by atoms with Gasteiger partial charge in [0.05, 0.1) is 6.10 Å². The van der Waals surface area contributed by atoms with Crippen LogP contribution in [-0.2, 0) is 0 Å². The Bertz CT molecular complexity index is 113. The summed E-state index contributed by atoms with van der Waals surface area (Å²) in [4.78, 5) is 0. The van der Waals surface area contributed by atoms with Crippen molar-refractivity contribution >= 4 is 34.8 Å². The van der Waals surface area contributed by atoms with E-state index in [0.29, 0.717) is 6.42 Å². The third-order valence-corrected chi connectivity index (χ3v) is 1.96. The van der Waals surface area contributed by atoms with E-state index >= 15 is 0 Å². The molecule has 2 atom stereocenters. The first-order valence-electron chi connectivity index (χ1n) is 3.32. The second-order valence-corrected chi connectivity index (χ2v) is 4.71.